The molecule has 0 atom stereocenters. The van der Waals surface area contributed by atoms with Crippen LogP contribution in [0.15, 0.2) is 0 Å². The third-order valence-electron chi connectivity index (χ3n) is 3.09. The van der Waals surface area contributed by atoms with E-state index in [1.165, 1.54) is 0 Å². The Hall–Kier alpha value is -1.01. The third-order valence-corrected chi connectivity index (χ3v) is 4.39. The molecular formula is C12H21N5S. The molecule has 0 saturated carbocycles. The SMILES string of the molecule is Cc1nc(NN)c(C)c(N2CCSC(C)(C)C2)n1. The molecule has 1 aliphatic rings. The van der Waals surface area contributed by atoms with Gasteiger partial charge in [-0.3, -0.25) is 0 Å². The summed E-state index contributed by atoms with van der Waals surface area (Å²) >= 11 is 2.01. The van der Waals surface area contributed by atoms with Gasteiger partial charge in [0.15, 0.2) is 0 Å². The molecule has 18 heavy (non-hydrogen) atoms. The number of thioether (sulfide) groups is 1. The molecule has 0 aromatic carbocycles. The molecule has 0 spiro atoms. The Kier molecular flexibility index (Phi) is 3.68. The van der Waals surface area contributed by atoms with Gasteiger partial charge in [0.05, 0.1) is 0 Å². The van der Waals surface area contributed by atoms with E-state index in [1.54, 1.807) is 0 Å². The summed E-state index contributed by atoms with van der Waals surface area (Å²) in [5.41, 5.74) is 3.67. The molecule has 0 radical (unpaired) electrons. The molecule has 1 fully saturated rings. The summed E-state index contributed by atoms with van der Waals surface area (Å²) in [4.78, 5) is 11.2. The van der Waals surface area contributed by atoms with Crippen LogP contribution in [0.25, 0.3) is 0 Å². The summed E-state index contributed by atoms with van der Waals surface area (Å²) in [6.45, 7) is 10.5. The van der Waals surface area contributed by atoms with Gasteiger partial charge in [0.1, 0.15) is 17.5 Å². The van der Waals surface area contributed by atoms with Gasteiger partial charge >= 0.3 is 0 Å². The fraction of sp³-hybridized carbons (Fsp3) is 0.667. The van der Waals surface area contributed by atoms with Crippen molar-refractivity contribution in [3.63, 3.8) is 0 Å². The van der Waals surface area contributed by atoms with E-state index in [0.29, 0.717) is 5.82 Å². The van der Waals surface area contributed by atoms with Crippen molar-refractivity contribution in [1.82, 2.24) is 9.97 Å². The molecule has 0 unspecified atom stereocenters. The summed E-state index contributed by atoms with van der Waals surface area (Å²) in [6.07, 6.45) is 0. The quantitative estimate of drug-likeness (QED) is 0.628. The van der Waals surface area contributed by atoms with Gasteiger partial charge in [-0.25, -0.2) is 15.8 Å². The minimum atomic E-state index is 0.264. The van der Waals surface area contributed by atoms with E-state index < -0.39 is 0 Å². The molecule has 1 aromatic heterocycles. The molecule has 0 aliphatic carbocycles. The molecule has 1 aliphatic heterocycles. The van der Waals surface area contributed by atoms with Crippen LogP contribution in [-0.4, -0.2) is 33.6 Å². The first-order valence-electron chi connectivity index (χ1n) is 6.14. The van der Waals surface area contributed by atoms with Gasteiger partial charge in [-0.15, -0.1) is 0 Å². The maximum atomic E-state index is 5.51. The lowest BCUT2D eigenvalue weighted by Gasteiger charge is -2.39. The minimum Gasteiger partial charge on any atom is -0.354 e. The van der Waals surface area contributed by atoms with Gasteiger partial charge in [-0.05, 0) is 27.7 Å². The van der Waals surface area contributed by atoms with Crippen molar-refractivity contribution >= 4 is 23.4 Å². The molecule has 100 valence electrons. The van der Waals surface area contributed by atoms with Gasteiger partial charge in [0.2, 0.25) is 0 Å². The zero-order valence-electron chi connectivity index (χ0n) is 11.4. The number of rotatable bonds is 2. The zero-order chi connectivity index (χ0) is 13.3. The molecule has 5 nitrogen and oxygen atoms in total. The van der Waals surface area contributed by atoms with Crippen molar-refractivity contribution in [2.24, 2.45) is 5.84 Å². The van der Waals surface area contributed by atoms with Crippen LogP contribution in [0.3, 0.4) is 0 Å². The summed E-state index contributed by atoms with van der Waals surface area (Å²) in [5.74, 6) is 9.10. The Morgan fingerprint density at radius 2 is 2.06 bits per heavy atom. The van der Waals surface area contributed by atoms with Crippen molar-refractivity contribution < 1.29 is 0 Å². The Balaban J connectivity index is 2.35. The van der Waals surface area contributed by atoms with Gasteiger partial charge in [-0.2, -0.15) is 11.8 Å². The van der Waals surface area contributed by atoms with Crippen LogP contribution < -0.4 is 16.2 Å². The molecule has 2 heterocycles. The predicted octanol–water partition coefficient (Wildman–Crippen LogP) is 1.71. The second-order valence-electron chi connectivity index (χ2n) is 5.24. The largest absolute Gasteiger partial charge is 0.354 e. The van der Waals surface area contributed by atoms with Crippen LogP contribution >= 0.6 is 11.8 Å². The first-order valence-corrected chi connectivity index (χ1v) is 7.12. The van der Waals surface area contributed by atoms with Crippen LogP contribution in [0, 0.1) is 13.8 Å². The highest BCUT2D eigenvalue weighted by molar-refractivity contribution is 8.00. The lowest BCUT2D eigenvalue weighted by molar-refractivity contribution is 0.639. The maximum absolute atomic E-state index is 5.51. The van der Waals surface area contributed by atoms with Crippen molar-refractivity contribution in [2.45, 2.75) is 32.4 Å². The molecule has 1 aromatic rings. The van der Waals surface area contributed by atoms with Crippen LogP contribution in [0.5, 0.6) is 0 Å². The Morgan fingerprint density at radius 1 is 1.33 bits per heavy atom. The summed E-state index contributed by atoms with van der Waals surface area (Å²) < 4.78 is 0.264. The lowest BCUT2D eigenvalue weighted by atomic mass is 10.1. The second kappa shape index (κ2) is 4.93. The molecular weight excluding hydrogens is 246 g/mol. The van der Waals surface area contributed by atoms with E-state index >= 15 is 0 Å². The smallest absolute Gasteiger partial charge is 0.148 e. The lowest BCUT2D eigenvalue weighted by Crippen LogP contribution is -2.44. The molecule has 0 amide bonds. The van der Waals surface area contributed by atoms with Gasteiger partial charge in [0, 0.05) is 29.2 Å². The van der Waals surface area contributed by atoms with E-state index in [0.717, 1.165) is 36.0 Å². The molecule has 1 saturated heterocycles. The third kappa shape index (κ3) is 2.70. The highest BCUT2D eigenvalue weighted by Crippen LogP contribution is 2.33. The predicted molar refractivity (Wildman–Crippen MR) is 78.1 cm³/mol. The fourth-order valence-corrected chi connectivity index (χ4v) is 3.37. The van der Waals surface area contributed by atoms with E-state index in [4.69, 9.17) is 5.84 Å². The van der Waals surface area contributed by atoms with Gasteiger partial charge < -0.3 is 10.3 Å². The summed E-state index contributed by atoms with van der Waals surface area (Å²) in [6, 6.07) is 0. The number of nitrogens with zero attached hydrogens (tertiary/aromatic N) is 3. The van der Waals surface area contributed by atoms with E-state index in [-0.39, 0.29) is 4.75 Å². The first-order chi connectivity index (χ1) is 8.43. The van der Waals surface area contributed by atoms with Crippen LogP contribution in [0.1, 0.15) is 25.2 Å². The topological polar surface area (TPSA) is 67.1 Å². The van der Waals surface area contributed by atoms with E-state index in [1.807, 2.05) is 25.6 Å². The summed E-state index contributed by atoms with van der Waals surface area (Å²) in [5, 5.41) is 0. The molecule has 6 heteroatoms. The number of nitrogens with one attached hydrogen (secondary N) is 1. The van der Waals surface area contributed by atoms with Crippen molar-refractivity contribution in [3.8, 4) is 0 Å². The number of nitrogen functional groups attached to an aromatic ring is 1. The zero-order valence-corrected chi connectivity index (χ0v) is 12.3. The average Bonchev–Trinajstić information content (AvgIpc) is 2.30. The number of hydrogen-bond donors (Lipinski definition) is 2. The Labute approximate surface area is 113 Å². The number of hydrogen-bond acceptors (Lipinski definition) is 6. The first kappa shape index (κ1) is 13.4. The van der Waals surface area contributed by atoms with Crippen molar-refractivity contribution in [3.05, 3.63) is 11.4 Å². The number of nitrogens with two attached hydrogens (primary N) is 1. The van der Waals surface area contributed by atoms with Gasteiger partial charge in [-0.1, -0.05) is 0 Å². The average molecular weight is 267 g/mol. The number of hydrazine groups is 1. The normalized spacial score (nSPS) is 18.8. The summed E-state index contributed by atoms with van der Waals surface area (Å²) in [7, 11) is 0. The van der Waals surface area contributed by atoms with Crippen molar-refractivity contribution in [1.29, 1.82) is 0 Å². The second-order valence-corrected chi connectivity index (χ2v) is 7.04. The molecule has 3 N–H and O–H groups in total. The molecule has 0 bridgehead atoms. The van der Waals surface area contributed by atoms with Crippen molar-refractivity contribution in [2.75, 3.05) is 29.2 Å². The van der Waals surface area contributed by atoms with E-state index in [2.05, 4.69) is 34.1 Å². The highest BCUT2D eigenvalue weighted by atomic mass is 32.2. The number of aromatic nitrogens is 2. The maximum Gasteiger partial charge on any atom is 0.148 e. The minimum absolute atomic E-state index is 0.264. The Bertz CT molecular complexity index is 446. The van der Waals surface area contributed by atoms with Crippen LogP contribution in [0.4, 0.5) is 11.6 Å². The number of aryl methyl sites for hydroxylation is 1. The van der Waals surface area contributed by atoms with Gasteiger partial charge in [0.25, 0.3) is 0 Å². The Morgan fingerprint density at radius 3 is 2.67 bits per heavy atom. The fourth-order valence-electron chi connectivity index (χ4n) is 2.26. The van der Waals surface area contributed by atoms with Crippen LogP contribution in [0.2, 0.25) is 0 Å². The van der Waals surface area contributed by atoms with Crippen LogP contribution in [-0.2, 0) is 0 Å². The molecule has 2 rings (SSSR count). The standard InChI is InChI=1S/C12H21N5S/c1-8-10(16-13)14-9(2)15-11(8)17-5-6-18-12(3,4)7-17/h5-7,13H2,1-4H3,(H,14,15,16). The number of anilines is 2. The highest BCUT2D eigenvalue weighted by Gasteiger charge is 2.29. The monoisotopic (exact) mass is 267 g/mol. The van der Waals surface area contributed by atoms with E-state index in [9.17, 15) is 0 Å².